The van der Waals surface area contributed by atoms with Crippen LogP contribution in [-0.2, 0) is 4.79 Å². The van der Waals surface area contributed by atoms with Gasteiger partial charge in [-0.1, -0.05) is 46.7 Å². The Morgan fingerprint density at radius 3 is 2.00 bits per heavy atom. The number of hydrogen-bond acceptors (Lipinski definition) is 3. The Morgan fingerprint density at radius 1 is 1.28 bits per heavy atom. The average Bonchev–Trinajstić information content (AvgIpc) is 2.60. The summed E-state index contributed by atoms with van der Waals surface area (Å²) in [6.07, 6.45) is 0. The Bertz CT molecular complexity index is 358. The molecule has 1 unspecified atom stereocenters. The average molecular weight is 255 g/mol. The van der Waals surface area contributed by atoms with Crippen LogP contribution in [0, 0.1) is 22.7 Å². The van der Waals surface area contributed by atoms with Crippen LogP contribution in [0.15, 0.2) is 5.16 Å². The highest BCUT2D eigenvalue weighted by molar-refractivity contribution is 6.02. The molecule has 1 fully saturated rings. The van der Waals surface area contributed by atoms with Crippen LogP contribution < -0.4 is 11.1 Å². The van der Waals surface area contributed by atoms with Crippen molar-refractivity contribution in [2.75, 3.05) is 0 Å². The molecule has 1 rings (SSSR count). The number of amidine groups is 1. The zero-order valence-electron chi connectivity index (χ0n) is 12.1. The molecule has 5 heteroatoms. The molecule has 0 aromatic rings. The summed E-state index contributed by atoms with van der Waals surface area (Å²) in [4.78, 5) is 12.2. The highest BCUT2D eigenvalue weighted by Gasteiger charge is 2.65. The number of nitrogens with zero attached hydrogens (tertiary/aromatic N) is 1. The van der Waals surface area contributed by atoms with Crippen molar-refractivity contribution in [3.8, 4) is 0 Å². The summed E-state index contributed by atoms with van der Waals surface area (Å²) < 4.78 is 0. The maximum Gasteiger partial charge on any atom is 0.231 e. The van der Waals surface area contributed by atoms with Crippen LogP contribution in [0.3, 0.4) is 0 Å². The second kappa shape index (κ2) is 4.44. The summed E-state index contributed by atoms with van der Waals surface area (Å²) in [5.41, 5.74) is 5.75. The normalized spacial score (nSPS) is 23.8. The fourth-order valence-corrected chi connectivity index (χ4v) is 2.63. The van der Waals surface area contributed by atoms with E-state index < -0.39 is 5.92 Å². The number of oxime groups is 1. The molecule has 1 aliphatic carbocycles. The first kappa shape index (κ1) is 14.8. The van der Waals surface area contributed by atoms with Crippen molar-refractivity contribution in [1.29, 1.82) is 0 Å². The van der Waals surface area contributed by atoms with Crippen molar-refractivity contribution in [3.05, 3.63) is 0 Å². The molecule has 0 bridgehead atoms. The third kappa shape index (κ3) is 2.18. The van der Waals surface area contributed by atoms with Gasteiger partial charge in [0.1, 0.15) is 5.92 Å². The fourth-order valence-electron chi connectivity index (χ4n) is 2.63. The van der Waals surface area contributed by atoms with E-state index in [1.807, 2.05) is 13.8 Å². The van der Waals surface area contributed by atoms with E-state index in [1.54, 1.807) is 0 Å². The highest BCUT2D eigenvalue weighted by Crippen LogP contribution is 2.62. The van der Waals surface area contributed by atoms with E-state index in [0.717, 1.165) is 0 Å². The minimum Gasteiger partial charge on any atom is -0.409 e. The largest absolute Gasteiger partial charge is 0.409 e. The van der Waals surface area contributed by atoms with Crippen LogP contribution in [0.4, 0.5) is 0 Å². The lowest BCUT2D eigenvalue weighted by Crippen LogP contribution is -2.43. The molecule has 104 valence electrons. The molecule has 1 amide bonds. The topological polar surface area (TPSA) is 87.7 Å². The fraction of sp³-hybridized carbons (Fsp3) is 0.846. The number of amides is 1. The molecule has 5 nitrogen and oxygen atoms in total. The third-order valence-corrected chi connectivity index (χ3v) is 4.69. The predicted octanol–water partition coefficient (Wildman–Crippen LogP) is 1.56. The van der Waals surface area contributed by atoms with Crippen LogP contribution in [0.2, 0.25) is 0 Å². The first-order chi connectivity index (χ1) is 8.07. The van der Waals surface area contributed by atoms with Gasteiger partial charge in [-0.05, 0) is 16.7 Å². The molecule has 0 spiro atoms. The first-order valence-electron chi connectivity index (χ1n) is 6.35. The maximum atomic E-state index is 12.2. The lowest BCUT2D eigenvalue weighted by molar-refractivity contribution is -0.124. The molecule has 18 heavy (non-hydrogen) atoms. The lowest BCUT2D eigenvalue weighted by Gasteiger charge is -2.19. The number of nitrogens with one attached hydrogen (secondary N) is 1. The van der Waals surface area contributed by atoms with E-state index in [9.17, 15) is 4.79 Å². The van der Waals surface area contributed by atoms with Crippen LogP contribution >= 0.6 is 0 Å². The van der Waals surface area contributed by atoms with Crippen LogP contribution in [0.5, 0.6) is 0 Å². The first-order valence-corrected chi connectivity index (χ1v) is 6.35. The Kier molecular flexibility index (Phi) is 3.65. The lowest BCUT2D eigenvalue weighted by atomic mass is 9.93. The number of nitrogens with two attached hydrogens (primary N) is 1. The van der Waals surface area contributed by atoms with Crippen molar-refractivity contribution >= 4 is 11.7 Å². The Balaban J connectivity index is 2.77. The van der Waals surface area contributed by atoms with Gasteiger partial charge in [-0.15, -0.1) is 0 Å². The van der Waals surface area contributed by atoms with E-state index in [1.165, 1.54) is 0 Å². The van der Waals surface area contributed by atoms with E-state index >= 15 is 0 Å². The maximum absolute atomic E-state index is 12.2. The summed E-state index contributed by atoms with van der Waals surface area (Å²) in [7, 11) is 0. The van der Waals surface area contributed by atoms with E-state index in [-0.39, 0.29) is 34.5 Å². The van der Waals surface area contributed by atoms with Crippen LogP contribution in [-0.4, -0.2) is 23.0 Å². The zero-order valence-corrected chi connectivity index (χ0v) is 12.1. The van der Waals surface area contributed by atoms with E-state index in [4.69, 9.17) is 10.9 Å². The molecule has 1 aliphatic rings. The second-order valence-electron chi connectivity index (χ2n) is 6.63. The summed E-state index contributed by atoms with van der Waals surface area (Å²) in [5, 5.41) is 14.7. The molecular formula is C13H25N3O2. The quantitative estimate of drug-likeness (QED) is 0.308. The molecule has 0 aromatic carbocycles. The molecule has 1 atom stereocenters. The standard InChI is InChI=1S/C13H25N3O2/c1-7(2)8(9(14)16-18)10(17)15-11-12(3,4)13(11,5)6/h7-8,11,18H,1-6H3,(H2,14,16)(H,15,17). The van der Waals surface area contributed by atoms with Gasteiger partial charge in [0.25, 0.3) is 0 Å². The highest BCUT2D eigenvalue weighted by atomic mass is 16.4. The predicted molar refractivity (Wildman–Crippen MR) is 71.2 cm³/mol. The number of rotatable bonds is 4. The van der Waals surface area contributed by atoms with Gasteiger partial charge >= 0.3 is 0 Å². The van der Waals surface area contributed by atoms with Crippen molar-refractivity contribution < 1.29 is 10.0 Å². The monoisotopic (exact) mass is 255 g/mol. The molecule has 1 saturated carbocycles. The molecule has 0 radical (unpaired) electrons. The van der Waals surface area contributed by atoms with Gasteiger partial charge in [0.15, 0.2) is 5.84 Å². The molecular weight excluding hydrogens is 230 g/mol. The Morgan fingerprint density at radius 2 is 1.72 bits per heavy atom. The Hall–Kier alpha value is -1.26. The summed E-state index contributed by atoms with van der Waals surface area (Å²) in [5.74, 6) is -0.782. The number of carbonyl (C=O) groups excluding carboxylic acids is 1. The minimum atomic E-state index is -0.581. The van der Waals surface area contributed by atoms with Crippen molar-refractivity contribution in [2.45, 2.75) is 47.6 Å². The molecule has 0 aromatic heterocycles. The third-order valence-electron chi connectivity index (χ3n) is 4.69. The smallest absolute Gasteiger partial charge is 0.231 e. The van der Waals surface area contributed by atoms with Crippen molar-refractivity contribution in [2.24, 2.45) is 33.6 Å². The molecule has 0 aliphatic heterocycles. The Labute approximate surface area is 109 Å². The number of carbonyl (C=O) groups is 1. The second-order valence-corrected chi connectivity index (χ2v) is 6.63. The van der Waals surface area contributed by atoms with Gasteiger partial charge in [-0.3, -0.25) is 4.79 Å². The molecule has 0 heterocycles. The zero-order chi connectivity index (χ0) is 14.3. The molecule has 0 saturated heterocycles. The summed E-state index contributed by atoms with van der Waals surface area (Å²) in [6, 6.07) is 0.130. The minimum absolute atomic E-state index is 0.00845. The van der Waals surface area contributed by atoms with Gasteiger partial charge in [0.05, 0.1) is 0 Å². The van der Waals surface area contributed by atoms with Crippen molar-refractivity contribution in [3.63, 3.8) is 0 Å². The van der Waals surface area contributed by atoms with Gasteiger partial charge < -0.3 is 16.3 Å². The number of hydrogen-bond donors (Lipinski definition) is 3. The van der Waals surface area contributed by atoms with E-state index in [2.05, 4.69) is 38.2 Å². The summed E-state index contributed by atoms with van der Waals surface area (Å²) >= 11 is 0. The van der Waals surface area contributed by atoms with Gasteiger partial charge in [0, 0.05) is 6.04 Å². The van der Waals surface area contributed by atoms with Crippen molar-refractivity contribution in [1.82, 2.24) is 5.32 Å². The van der Waals surface area contributed by atoms with E-state index in [0.29, 0.717) is 0 Å². The summed E-state index contributed by atoms with van der Waals surface area (Å²) in [6.45, 7) is 12.3. The van der Waals surface area contributed by atoms with Gasteiger partial charge in [-0.2, -0.15) is 0 Å². The van der Waals surface area contributed by atoms with Crippen LogP contribution in [0.1, 0.15) is 41.5 Å². The van der Waals surface area contributed by atoms with Gasteiger partial charge in [-0.25, -0.2) is 0 Å². The molecule has 4 N–H and O–H groups in total. The van der Waals surface area contributed by atoms with Crippen LogP contribution in [0.25, 0.3) is 0 Å². The SMILES string of the molecule is CC(C)C(C(=O)NC1C(C)(C)C1(C)C)C(N)=NO. The van der Waals surface area contributed by atoms with Gasteiger partial charge in [0.2, 0.25) is 5.91 Å².